The van der Waals surface area contributed by atoms with E-state index in [1.54, 1.807) is 0 Å². The number of rotatable bonds is 3. The summed E-state index contributed by atoms with van der Waals surface area (Å²) in [6.07, 6.45) is -0.0174. The van der Waals surface area contributed by atoms with Crippen molar-refractivity contribution < 1.29 is 18.3 Å². The largest absolute Gasteiger partial charge is 0.445 e. The lowest BCUT2D eigenvalue weighted by molar-refractivity contribution is -0.0436. The number of alkyl halides is 2. The summed E-state index contributed by atoms with van der Waals surface area (Å²) in [5.74, 6) is -2.67. The Bertz CT molecular complexity index is 423. The maximum absolute atomic E-state index is 13.2. The molecule has 0 unspecified atom stereocenters. The maximum atomic E-state index is 13.2. The molecule has 3 nitrogen and oxygen atoms in total. The molecule has 1 saturated carbocycles. The van der Waals surface area contributed by atoms with Gasteiger partial charge in [0.1, 0.15) is 6.61 Å². The standard InChI is InChI=1S/C14H17F2NO2/c15-14(16)8-4-7-12(9-14)17-13(18)19-10-11-5-2-1-3-6-11/h1-3,5-6,12H,4,7-10H2,(H,17,18)/t12-/m0/s1. The number of carbonyl (C=O) groups is 1. The molecule has 1 aromatic rings. The minimum absolute atomic E-state index is 0.0930. The zero-order valence-corrected chi connectivity index (χ0v) is 10.6. The second-order valence-corrected chi connectivity index (χ2v) is 4.86. The molecular formula is C14H17F2NO2. The van der Waals surface area contributed by atoms with Crippen LogP contribution in [0, 0.1) is 0 Å². The van der Waals surface area contributed by atoms with Crippen molar-refractivity contribution in [1.82, 2.24) is 5.32 Å². The molecule has 1 aliphatic rings. The SMILES string of the molecule is O=C(N[C@H]1CCCC(F)(F)C1)OCc1ccccc1. The number of nitrogens with one attached hydrogen (secondary N) is 1. The topological polar surface area (TPSA) is 38.3 Å². The van der Waals surface area contributed by atoms with Gasteiger partial charge in [0.25, 0.3) is 0 Å². The molecule has 1 aliphatic carbocycles. The molecule has 0 spiro atoms. The summed E-state index contributed by atoms with van der Waals surface area (Å²) >= 11 is 0. The van der Waals surface area contributed by atoms with Crippen LogP contribution in [0.3, 0.4) is 0 Å². The number of amides is 1. The first-order chi connectivity index (χ1) is 9.05. The molecule has 0 saturated heterocycles. The van der Waals surface area contributed by atoms with E-state index in [9.17, 15) is 13.6 Å². The Morgan fingerprint density at radius 2 is 2.11 bits per heavy atom. The number of hydrogen-bond donors (Lipinski definition) is 1. The number of carbonyl (C=O) groups excluding carboxylic acids is 1. The third kappa shape index (κ3) is 4.50. The van der Waals surface area contributed by atoms with Gasteiger partial charge >= 0.3 is 6.09 Å². The van der Waals surface area contributed by atoms with Crippen LogP contribution in [0.4, 0.5) is 13.6 Å². The van der Waals surface area contributed by atoms with Crippen LogP contribution in [-0.2, 0) is 11.3 Å². The fourth-order valence-corrected chi connectivity index (χ4v) is 2.23. The van der Waals surface area contributed by atoms with Gasteiger partial charge in [-0.2, -0.15) is 0 Å². The van der Waals surface area contributed by atoms with Gasteiger partial charge in [-0.3, -0.25) is 0 Å². The zero-order valence-electron chi connectivity index (χ0n) is 10.6. The molecule has 0 aromatic heterocycles. The normalized spacial score (nSPS) is 21.7. The van der Waals surface area contributed by atoms with Crippen molar-refractivity contribution in [3.8, 4) is 0 Å². The highest BCUT2D eigenvalue weighted by atomic mass is 19.3. The average Bonchev–Trinajstić information content (AvgIpc) is 2.36. The second-order valence-electron chi connectivity index (χ2n) is 4.86. The molecule has 2 rings (SSSR count). The molecule has 1 N–H and O–H groups in total. The quantitative estimate of drug-likeness (QED) is 0.912. The van der Waals surface area contributed by atoms with Crippen LogP contribution in [0.1, 0.15) is 31.2 Å². The third-order valence-corrected chi connectivity index (χ3v) is 3.17. The summed E-state index contributed by atoms with van der Waals surface area (Å²) in [4.78, 5) is 11.5. The summed E-state index contributed by atoms with van der Waals surface area (Å²) in [5.41, 5.74) is 0.867. The van der Waals surface area contributed by atoms with Crippen molar-refractivity contribution in [2.45, 2.75) is 44.3 Å². The number of hydrogen-bond acceptors (Lipinski definition) is 2. The summed E-state index contributed by atoms with van der Waals surface area (Å²) in [7, 11) is 0. The Kier molecular flexibility index (Phi) is 4.35. The van der Waals surface area contributed by atoms with E-state index >= 15 is 0 Å². The van der Waals surface area contributed by atoms with Crippen molar-refractivity contribution in [3.63, 3.8) is 0 Å². The third-order valence-electron chi connectivity index (χ3n) is 3.17. The van der Waals surface area contributed by atoms with Crippen molar-refractivity contribution in [2.24, 2.45) is 0 Å². The molecular weight excluding hydrogens is 252 g/mol. The van der Waals surface area contributed by atoms with Gasteiger partial charge in [0.05, 0.1) is 0 Å². The van der Waals surface area contributed by atoms with Gasteiger partial charge in [-0.25, -0.2) is 13.6 Å². The predicted octanol–water partition coefficient (Wildman–Crippen LogP) is 3.49. The zero-order chi connectivity index (χ0) is 13.7. The predicted molar refractivity (Wildman–Crippen MR) is 67.0 cm³/mol. The monoisotopic (exact) mass is 269 g/mol. The molecule has 1 aromatic carbocycles. The highest BCUT2D eigenvalue weighted by Crippen LogP contribution is 2.33. The number of ether oxygens (including phenoxy) is 1. The molecule has 1 atom stereocenters. The summed E-state index contributed by atoms with van der Waals surface area (Å²) in [6.45, 7) is 0.149. The first kappa shape index (κ1) is 13.8. The highest BCUT2D eigenvalue weighted by molar-refractivity contribution is 5.67. The van der Waals surface area contributed by atoms with E-state index in [0.29, 0.717) is 12.8 Å². The van der Waals surface area contributed by atoms with Gasteiger partial charge in [0, 0.05) is 18.9 Å². The van der Waals surface area contributed by atoms with Gasteiger partial charge in [-0.15, -0.1) is 0 Å². The van der Waals surface area contributed by atoms with Crippen LogP contribution >= 0.6 is 0 Å². The van der Waals surface area contributed by atoms with Crippen LogP contribution in [0.2, 0.25) is 0 Å². The van der Waals surface area contributed by atoms with Gasteiger partial charge in [-0.1, -0.05) is 30.3 Å². The second kappa shape index (κ2) is 5.99. The van der Waals surface area contributed by atoms with Crippen LogP contribution in [0.15, 0.2) is 30.3 Å². The van der Waals surface area contributed by atoms with Gasteiger partial charge < -0.3 is 10.1 Å². The molecule has 0 aliphatic heterocycles. The van der Waals surface area contributed by atoms with Crippen molar-refractivity contribution in [1.29, 1.82) is 0 Å². The minimum atomic E-state index is -2.67. The Morgan fingerprint density at radius 3 is 2.79 bits per heavy atom. The van der Waals surface area contributed by atoms with E-state index < -0.39 is 18.1 Å². The summed E-state index contributed by atoms with van der Waals surface area (Å²) < 4.78 is 31.3. The highest BCUT2D eigenvalue weighted by Gasteiger charge is 2.36. The molecule has 19 heavy (non-hydrogen) atoms. The van der Waals surface area contributed by atoms with Crippen LogP contribution in [-0.4, -0.2) is 18.1 Å². The first-order valence-electron chi connectivity index (χ1n) is 6.40. The molecule has 1 fully saturated rings. The van der Waals surface area contributed by atoms with Gasteiger partial charge in [-0.05, 0) is 18.4 Å². The molecule has 5 heteroatoms. The lowest BCUT2D eigenvalue weighted by Gasteiger charge is -2.29. The Balaban J connectivity index is 1.75. The molecule has 0 radical (unpaired) electrons. The average molecular weight is 269 g/mol. The van der Waals surface area contributed by atoms with Crippen LogP contribution in [0.25, 0.3) is 0 Å². The lowest BCUT2D eigenvalue weighted by Crippen LogP contribution is -2.42. The number of halogens is 2. The molecule has 1 amide bonds. The van der Waals surface area contributed by atoms with Crippen LogP contribution in [0.5, 0.6) is 0 Å². The molecule has 0 heterocycles. The smallest absolute Gasteiger partial charge is 0.407 e. The Morgan fingerprint density at radius 1 is 1.37 bits per heavy atom. The molecule has 0 bridgehead atoms. The Hall–Kier alpha value is -1.65. The van der Waals surface area contributed by atoms with Gasteiger partial charge in [0.15, 0.2) is 0 Å². The number of benzene rings is 1. The lowest BCUT2D eigenvalue weighted by atomic mass is 9.92. The minimum Gasteiger partial charge on any atom is -0.445 e. The van der Waals surface area contributed by atoms with Crippen LogP contribution < -0.4 is 5.32 Å². The van der Waals surface area contributed by atoms with Crippen molar-refractivity contribution in [2.75, 3.05) is 0 Å². The summed E-state index contributed by atoms with van der Waals surface area (Å²) in [5, 5.41) is 2.50. The maximum Gasteiger partial charge on any atom is 0.407 e. The van der Waals surface area contributed by atoms with Crippen molar-refractivity contribution in [3.05, 3.63) is 35.9 Å². The fourth-order valence-electron chi connectivity index (χ4n) is 2.23. The van der Waals surface area contributed by atoms with E-state index in [2.05, 4.69) is 5.32 Å². The first-order valence-corrected chi connectivity index (χ1v) is 6.40. The summed E-state index contributed by atoms with van der Waals surface area (Å²) in [6, 6.07) is 8.74. The fraction of sp³-hybridized carbons (Fsp3) is 0.500. The van der Waals surface area contributed by atoms with E-state index in [4.69, 9.17) is 4.74 Å². The van der Waals surface area contributed by atoms with Gasteiger partial charge in [0.2, 0.25) is 5.92 Å². The van der Waals surface area contributed by atoms with E-state index in [1.165, 1.54) is 0 Å². The Labute approximate surface area is 111 Å². The van der Waals surface area contributed by atoms with Crippen molar-refractivity contribution >= 4 is 6.09 Å². The number of alkyl carbamates (subject to hydrolysis) is 1. The van der Waals surface area contributed by atoms with E-state index in [1.807, 2.05) is 30.3 Å². The molecule has 104 valence electrons. The van der Waals surface area contributed by atoms with E-state index in [0.717, 1.165) is 5.56 Å². The van der Waals surface area contributed by atoms with E-state index in [-0.39, 0.29) is 19.4 Å².